The number of H-pyrrole nitrogens is 1. The number of ether oxygens (including phenoxy) is 5. The number of methoxy groups -OCH3 is 1. The number of allylic oxidation sites excluding steroid dienone is 1. The molecule has 4 aromatic carbocycles. The lowest BCUT2D eigenvalue weighted by Gasteiger charge is -2.47. The number of aromatic nitrogens is 1. The predicted molar refractivity (Wildman–Crippen MR) is 227 cm³/mol. The van der Waals surface area contributed by atoms with E-state index in [0.29, 0.717) is 33.4 Å². The van der Waals surface area contributed by atoms with Gasteiger partial charge in [-0.1, -0.05) is 60.9 Å². The fourth-order valence-corrected chi connectivity index (χ4v) is 10.6. The summed E-state index contributed by atoms with van der Waals surface area (Å²) in [5, 5.41) is 49.9. The van der Waals surface area contributed by atoms with Gasteiger partial charge in [-0.2, -0.15) is 0 Å². The summed E-state index contributed by atoms with van der Waals surface area (Å²) in [4.78, 5) is 33.8. The molecule has 2 aliphatic carbocycles. The third-order valence-corrected chi connectivity index (χ3v) is 13.7. The number of fused-ring (bicyclic) bond motifs is 10. The summed E-state index contributed by atoms with van der Waals surface area (Å²) in [7, 11) is 1.51. The van der Waals surface area contributed by atoms with Crippen LogP contribution in [0.3, 0.4) is 0 Å². The number of aromatic amines is 1. The zero-order chi connectivity index (χ0) is 42.4. The minimum absolute atomic E-state index is 0.0290. The van der Waals surface area contributed by atoms with Crippen molar-refractivity contribution in [3.05, 3.63) is 111 Å². The molecule has 5 aromatic rings. The summed E-state index contributed by atoms with van der Waals surface area (Å²) in [6, 6.07) is 14.9. The van der Waals surface area contributed by atoms with Gasteiger partial charge in [0.15, 0.2) is 17.5 Å². The lowest BCUT2D eigenvalue weighted by Crippen LogP contribution is -2.70. The van der Waals surface area contributed by atoms with Crippen LogP contribution in [0.25, 0.3) is 33.8 Å². The van der Waals surface area contributed by atoms with Gasteiger partial charge in [0.25, 0.3) is 5.91 Å². The van der Waals surface area contributed by atoms with E-state index >= 15 is 4.79 Å². The lowest BCUT2D eigenvalue weighted by atomic mass is 9.75. The van der Waals surface area contributed by atoms with Gasteiger partial charge in [-0.15, -0.1) is 0 Å². The number of aromatic hydroxyl groups is 1. The normalized spacial score (nSPS) is 28.6. The van der Waals surface area contributed by atoms with E-state index in [1.54, 1.807) is 30.4 Å². The Morgan fingerprint density at radius 2 is 1.89 bits per heavy atom. The number of nitrogens with zero attached hydrogens (tertiary/aromatic N) is 1. The minimum Gasteiger partial charge on any atom is -0.506 e. The molecular formula is C49H44N2O11. The molecule has 1 saturated carbocycles. The van der Waals surface area contributed by atoms with Crippen LogP contribution in [0.5, 0.6) is 17.2 Å². The van der Waals surface area contributed by atoms with Gasteiger partial charge in [-0.05, 0) is 71.2 Å². The van der Waals surface area contributed by atoms with E-state index in [1.807, 2.05) is 42.6 Å². The van der Waals surface area contributed by atoms with Crippen LogP contribution in [0.15, 0.2) is 66.9 Å². The van der Waals surface area contributed by atoms with Crippen LogP contribution in [-0.2, 0) is 27.2 Å². The summed E-state index contributed by atoms with van der Waals surface area (Å²) in [5.74, 6) is 2.24. The molecule has 4 aliphatic heterocycles. The molecule has 1 saturated heterocycles. The fourth-order valence-electron chi connectivity index (χ4n) is 10.6. The quantitative estimate of drug-likeness (QED) is 0.142. The van der Waals surface area contributed by atoms with Crippen LogP contribution < -0.4 is 9.47 Å². The first-order valence-electron chi connectivity index (χ1n) is 21.1. The molecule has 2 fully saturated rings. The fraction of sp³-hybridized carbons (Fsp3) is 0.347. The second kappa shape index (κ2) is 14.8. The van der Waals surface area contributed by atoms with E-state index in [2.05, 4.69) is 23.1 Å². The Morgan fingerprint density at radius 3 is 2.74 bits per heavy atom. The number of hydrogen-bond acceptors (Lipinski definition) is 11. The number of rotatable bonds is 3. The number of carbonyl (C=O) groups is 2. The highest BCUT2D eigenvalue weighted by Gasteiger charge is 2.59. The number of nitrogens with one attached hydrogen (secondary N) is 1. The molecule has 62 heavy (non-hydrogen) atoms. The smallest absolute Gasteiger partial charge is 0.254 e. The topological polar surface area (TPSA) is 180 Å². The van der Waals surface area contributed by atoms with E-state index in [0.717, 1.165) is 46.9 Å². The molecule has 5 heterocycles. The highest BCUT2D eigenvalue weighted by Crippen LogP contribution is 2.55. The van der Waals surface area contributed by atoms with Gasteiger partial charge in [0.05, 0.1) is 43.4 Å². The van der Waals surface area contributed by atoms with Crippen molar-refractivity contribution < 1.29 is 53.7 Å². The number of aliphatic hydroxyl groups is 3. The van der Waals surface area contributed by atoms with Crippen molar-refractivity contribution in [3.63, 3.8) is 0 Å². The molecule has 11 rings (SSSR count). The van der Waals surface area contributed by atoms with Crippen molar-refractivity contribution >= 4 is 45.5 Å². The Hall–Kier alpha value is -6.14. The number of aliphatic hydroxyl groups excluding tert-OH is 2. The average Bonchev–Trinajstić information content (AvgIpc) is 4.02. The molecule has 1 amide bonds. The van der Waals surface area contributed by atoms with Gasteiger partial charge in [-0.3, -0.25) is 9.59 Å². The zero-order valence-corrected chi connectivity index (χ0v) is 33.8. The summed E-state index contributed by atoms with van der Waals surface area (Å²) in [6.07, 6.45) is 8.06. The van der Waals surface area contributed by atoms with Crippen molar-refractivity contribution in [2.24, 2.45) is 5.92 Å². The lowest BCUT2D eigenvalue weighted by molar-refractivity contribution is -0.328. The van der Waals surface area contributed by atoms with E-state index in [1.165, 1.54) is 12.0 Å². The Morgan fingerprint density at radius 1 is 1.03 bits per heavy atom. The van der Waals surface area contributed by atoms with Gasteiger partial charge in [0.2, 0.25) is 6.29 Å². The molecule has 5 N–H and O–H groups in total. The molecule has 13 heteroatoms. The van der Waals surface area contributed by atoms with Crippen molar-refractivity contribution in [2.75, 3.05) is 26.9 Å². The van der Waals surface area contributed by atoms with Gasteiger partial charge >= 0.3 is 0 Å². The summed E-state index contributed by atoms with van der Waals surface area (Å²) >= 11 is 0. The number of benzene rings is 4. The minimum atomic E-state index is -2.45. The number of ketones is 1. The molecule has 8 atom stereocenters. The van der Waals surface area contributed by atoms with E-state index in [9.17, 15) is 25.2 Å². The standard InChI is InChI=1S/C49H44N2O11/c1-58-38-19-32-29-15-14-26-8-4-11-27(26)40(29)42-36(53)22-51-21-34-25(7-5-12-30(34)47(51)56)9-6-18-59-46-43(54)39-23-60-37(33-20-50-35-13-3-2-10-28(33)35)17-16-31(38)45(41(32)44(42)55)62-48(61-39)49(46,57)24-52/h2-3,5,7,10,12-17,19-20,26-27,37,39,43,46,48,50,52,54-55,57H,4,8-9,11,21-24H2,1H3. The van der Waals surface area contributed by atoms with E-state index < -0.39 is 48.7 Å². The summed E-state index contributed by atoms with van der Waals surface area (Å²) in [5.41, 5.74) is 2.94. The van der Waals surface area contributed by atoms with Gasteiger partial charge < -0.3 is 54.0 Å². The monoisotopic (exact) mass is 836 g/mol. The Balaban J connectivity index is 1.20. The molecule has 8 unspecified atom stereocenters. The number of phenolic OH excluding ortho intramolecular Hbond substituents is 1. The predicted octanol–water partition coefficient (Wildman–Crippen LogP) is 5.66. The maximum absolute atomic E-state index is 15.0. The Kier molecular flexibility index (Phi) is 9.22. The average molecular weight is 837 g/mol. The zero-order valence-electron chi connectivity index (χ0n) is 33.8. The number of para-hydroxylation sites is 1. The largest absolute Gasteiger partial charge is 0.506 e. The van der Waals surface area contributed by atoms with Crippen LogP contribution >= 0.6 is 0 Å². The number of amides is 1. The van der Waals surface area contributed by atoms with Crippen LogP contribution in [-0.4, -0.2) is 99.1 Å². The highest BCUT2D eigenvalue weighted by molar-refractivity contribution is 6.14. The van der Waals surface area contributed by atoms with Crippen LogP contribution in [0.1, 0.15) is 85.4 Å². The second-order valence-corrected chi connectivity index (χ2v) is 17.0. The SMILES string of the molecule is COc1cc2c3c(c4c(O)c2c2c1C=CC(c1c[nH]c5ccccc15)OCC1OC(O2)C(O)(CO)C(OC#CCc2cccc5c2CN(CC4=O)C5=O)C1O)C1CCCC1C=C3. The Labute approximate surface area is 356 Å². The molecule has 13 nitrogen and oxygen atoms in total. The number of carbonyl (C=O) groups excluding carboxylic acids is 2. The molecule has 6 aliphatic rings. The Bertz CT molecular complexity index is 2830. The van der Waals surface area contributed by atoms with Crippen LogP contribution in [0, 0.1) is 17.9 Å². The first kappa shape index (κ1) is 38.8. The van der Waals surface area contributed by atoms with Gasteiger partial charge in [-0.25, -0.2) is 0 Å². The molecule has 0 spiro atoms. The van der Waals surface area contributed by atoms with Crippen molar-refractivity contribution in [1.82, 2.24) is 9.88 Å². The molecule has 8 bridgehead atoms. The second-order valence-electron chi connectivity index (χ2n) is 17.0. The molecular weight excluding hydrogens is 793 g/mol. The molecule has 0 radical (unpaired) electrons. The number of Topliss-reactive ketones (excluding diaryl/α,β-unsaturated/α-hetero) is 1. The van der Waals surface area contributed by atoms with Gasteiger partial charge in [0.1, 0.15) is 41.7 Å². The van der Waals surface area contributed by atoms with Gasteiger partial charge in [0, 0.05) is 46.6 Å². The maximum atomic E-state index is 15.0. The molecule has 1 aromatic heterocycles. The van der Waals surface area contributed by atoms with E-state index in [4.69, 9.17) is 23.7 Å². The van der Waals surface area contributed by atoms with Crippen molar-refractivity contribution in [2.45, 2.75) is 74.5 Å². The summed E-state index contributed by atoms with van der Waals surface area (Å²) in [6.45, 7) is -1.36. The highest BCUT2D eigenvalue weighted by atomic mass is 16.7. The third kappa shape index (κ3) is 5.82. The first-order chi connectivity index (χ1) is 30.2. The number of hydrogen-bond donors (Lipinski definition) is 5. The first-order valence-corrected chi connectivity index (χ1v) is 21.1. The maximum Gasteiger partial charge on any atom is 0.254 e. The summed E-state index contributed by atoms with van der Waals surface area (Å²) < 4.78 is 31.9. The molecule has 316 valence electrons. The third-order valence-electron chi connectivity index (χ3n) is 13.7. The van der Waals surface area contributed by atoms with Crippen LogP contribution in [0.2, 0.25) is 0 Å². The van der Waals surface area contributed by atoms with Crippen molar-refractivity contribution in [3.8, 4) is 29.3 Å². The van der Waals surface area contributed by atoms with E-state index in [-0.39, 0.29) is 66.3 Å². The number of phenols is 1. The van der Waals surface area contributed by atoms with Crippen LogP contribution in [0.4, 0.5) is 0 Å². The van der Waals surface area contributed by atoms with Crippen molar-refractivity contribution in [1.29, 1.82) is 0 Å².